The zero-order valence-corrected chi connectivity index (χ0v) is 19.6. The van der Waals surface area contributed by atoms with Crippen LogP contribution >= 0.6 is 11.6 Å². The molecule has 7 heteroatoms. The van der Waals surface area contributed by atoms with Crippen LogP contribution in [0.25, 0.3) is 0 Å². The highest BCUT2D eigenvalue weighted by Gasteiger charge is 2.17. The standard InChI is InChI=1S/C27H27ClN4O2.CH4/c28-22-13-14-25(30-18-22)31-27(34)23-8-4-3-7-21(23)17-24(33)19-9-11-20(12-10-19)26(29)32-15-5-1-2-6-16-32;/h3-4,7-14,18,29H,1-2,5-6,15-17H2,(H,30,31,34);1H4. The van der Waals surface area contributed by atoms with E-state index < -0.39 is 0 Å². The molecule has 2 heterocycles. The van der Waals surface area contributed by atoms with Crippen molar-refractivity contribution in [3.8, 4) is 0 Å². The summed E-state index contributed by atoms with van der Waals surface area (Å²) in [6.45, 7) is 1.81. The maximum Gasteiger partial charge on any atom is 0.257 e. The minimum absolute atomic E-state index is 0. The van der Waals surface area contributed by atoms with Crippen LogP contribution in [0, 0.1) is 5.41 Å². The Morgan fingerprint density at radius 3 is 2.23 bits per heavy atom. The molecule has 1 saturated heterocycles. The number of Topliss-reactive ketones (excluding diaryl/α,β-unsaturated/α-hetero) is 1. The molecule has 2 aromatic carbocycles. The highest BCUT2D eigenvalue weighted by atomic mass is 35.5. The number of amides is 1. The molecule has 0 spiro atoms. The van der Waals surface area contributed by atoms with Crippen molar-refractivity contribution in [2.45, 2.75) is 39.5 Å². The SMILES string of the molecule is C.N=C(c1ccc(C(=O)Cc2ccccc2C(=O)Nc2ccc(Cl)cn2)cc1)N1CCCCCC1. The molecule has 35 heavy (non-hydrogen) atoms. The molecule has 1 fully saturated rings. The number of carbonyl (C=O) groups excluding carboxylic acids is 2. The molecular weight excluding hydrogens is 460 g/mol. The third kappa shape index (κ3) is 6.76. The van der Waals surface area contributed by atoms with Gasteiger partial charge in [-0.2, -0.15) is 0 Å². The number of pyridine rings is 1. The highest BCUT2D eigenvalue weighted by molar-refractivity contribution is 6.30. The van der Waals surface area contributed by atoms with Gasteiger partial charge in [0.05, 0.1) is 5.02 Å². The molecule has 0 saturated carbocycles. The van der Waals surface area contributed by atoms with E-state index in [1.165, 1.54) is 19.0 Å². The molecule has 6 nitrogen and oxygen atoms in total. The largest absolute Gasteiger partial charge is 0.357 e. The Morgan fingerprint density at radius 1 is 0.914 bits per heavy atom. The average Bonchev–Trinajstić information content (AvgIpc) is 3.15. The van der Waals surface area contributed by atoms with Gasteiger partial charge in [-0.3, -0.25) is 15.0 Å². The molecule has 2 N–H and O–H groups in total. The Bertz CT molecular complexity index is 1170. The maximum atomic E-state index is 13.0. The van der Waals surface area contributed by atoms with Gasteiger partial charge in [0.1, 0.15) is 11.7 Å². The van der Waals surface area contributed by atoms with Gasteiger partial charge in [-0.1, -0.05) is 74.3 Å². The second-order valence-corrected chi connectivity index (χ2v) is 8.84. The third-order valence-electron chi connectivity index (χ3n) is 5.98. The normalized spacial score (nSPS) is 13.3. The molecule has 3 aromatic rings. The maximum absolute atomic E-state index is 13.0. The van der Waals surface area contributed by atoms with E-state index >= 15 is 0 Å². The average molecular weight is 491 g/mol. The van der Waals surface area contributed by atoms with Crippen LogP contribution in [0.2, 0.25) is 5.02 Å². The predicted octanol–water partition coefficient (Wildman–Crippen LogP) is 6.25. The molecule has 1 aliphatic rings. The number of benzene rings is 2. The van der Waals surface area contributed by atoms with Gasteiger partial charge < -0.3 is 10.2 Å². The van der Waals surface area contributed by atoms with Gasteiger partial charge in [-0.25, -0.2) is 4.98 Å². The minimum Gasteiger partial charge on any atom is -0.357 e. The first kappa shape index (κ1) is 26.1. The first-order valence-electron chi connectivity index (χ1n) is 11.5. The van der Waals surface area contributed by atoms with Crippen LogP contribution in [0.3, 0.4) is 0 Å². The summed E-state index contributed by atoms with van der Waals surface area (Å²) in [4.78, 5) is 32.0. The lowest BCUT2D eigenvalue weighted by molar-refractivity contribution is 0.0992. The third-order valence-corrected chi connectivity index (χ3v) is 6.21. The number of rotatable bonds is 6. The fraction of sp³-hybridized carbons (Fsp3) is 0.286. The van der Waals surface area contributed by atoms with Gasteiger partial charge in [0.15, 0.2) is 5.78 Å². The minimum atomic E-state index is -0.334. The first-order chi connectivity index (χ1) is 16.5. The molecular formula is C28H31ClN4O2. The Morgan fingerprint density at radius 2 is 1.57 bits per heavy atom. The Labute approximate surface area is 211 Å². The summed E-state index contributed by atoms with van der Waals surface area (Å²) in [5, 5.41) is 11.8. The Kier molecular flexibility index (Phi) is 9.15. The fourth-order valence-corrected chi connectivity index (χ4v) is 4.21. The zero-order chi connectivity index (χ0) is 23.9. The number of hydrogen-bond donors (Lipinski definition) is 2. The molecule has 0 bridgehead atoms. The summed E-state index contributed by atoms with van der Waals surface area (Å²) in [6.07, 6.45) is 6.21. The topological polar surface area (TPSA) is 86.1 Å². The number of likely N-dealkylation sites (tertiary alicyclic amines) is 1. The van der Waals surface area contributed by atoms with E-state index in [0.717, 1.165) is 31.5 Å². The van der Waals surface area contributed by atoms with Gasteiger partial charge >= 0.3 is 0 Å². The van der Waals surface area contributed by atoms with Crippen molar-refractivity contribution in [2.24, 2.45) is 0 Å². The van der Waals surface area contributed by atoms with Crippen LogP contribution in [0.5, 0.6) is 0 Å². The Hall–Kier alpha value is -3.51. The summed E-state index contributed by atoms with van der Waals surface area (Å²) in [5.41, 5.74) is 2.43. The molecule has 0 radical (unpaired) electrons. The van der Waals surface area contributed by atoms with Crippen LogP contribution in [0.15, 0.2) is 66.9 Å². The number of aromatic nitrogens is 1. The molecule has 1 aliphatic heterocycles. The number of carbonyl (C=O) groups is 2. The second kappa shape index (κ2) is 12.3. The summed E-state index contributed by atoms with van der Waals surface area (Å²) in [6, 6.07) is 17.5. The monoisotopic (exact) mass is 490 g/mol. The lowest BCUT2D eigenvalue weighted by Gasteiger charge is -2.23. The summed E-state index contributed by atoms with van der Waals surface area (Å²) < 4.78 is 0. The number of halogens is 1. The van der Waals surface area contributed by atoms with Gasteiger partial charge in [0, 0.05) is 42.4 Å². The summed E-state index contributed by atoms with van der Waals surface area (Å²) >= 11 is 5.85. The molecule has 182 valence electrons. The van der Waals surface area contributed by atoms with Gasteiger partial charge in [-0.15, -0.1) is 0 Å². The molecule has 1 aromatic heterocycles. The second-order valence-electron chi connectivity index (χ2n) is 8.40. The van der Waals surface area contributed by atoms with Gasteiger partial charge in [-0.05, 0) is 36.6 Å². The van der Waals surface area contributed by atoms with E-state index in [1.54, 1.807) is 42.5 Å². The smallest absolute Gasteiger partial charge is 0.257 e. The van der Waals surface area contributed by atoms with E-state index in [0.29, 0.717) is 33.4 Å². The van der Waals surface area contributed by atoms with Gasteiger partial charge in [0.2, 0.25) is 0 Å². The van der Waals surface area contributed by atoms with Crippen molar-refractivity contribution in [3.63, 3.8) is 0 Å². The molecule has 0 unspecified atom stereocenters. The fourth-order valence-electron chi connectivity index (χ4n) is 4.10. The van der Waals surface area contributed by atoms with Crippen molar-refractivity contribution in [1.82, 2.24) is 9.88 Å². The number of amidine groups is 1. The number of ketones is 1. The quantitative estimate of drug-likeness (QED) is 0.243. The van der Waals surface area contributed by atoms with E-state index in [2.05, 4.69) is 15.2 Å². The van der Waals surface area contributed by atoms with E-state index in [1.807, 2.05) is 18.2 Å². The van der Waals surface area contributed by atoms with E-state index in [-0.39, 0.29) is 25.5 Å². The van der Waals surface area contributed by atoms with Gasteiger partial charge in [0.25, 0.3) is 5.91 Å². The highest BCUT2D eigenvalue weighted by Crippen LogP contribution is 2.18. The van der Waals surface area contributed by atoms with Crippen LogP contribution in [0.1, 0.15) is 65.0 Å². The Balaban J connectivity index is 0.00000342. The molecule has 1 amide bonds. The van der Waals surface area contributed by atoms with Crippen molar-refractivity contribution < 1.29 is 9.59 Å². The van der Waals surface area contributed by atoms with Crippen molar-refractivity contribution in [3.05, 3.63) is 94.1 Å². The number of hydrogen-bond acceptors (Lipinski definition) is 4. The predicted molar refractivity (Wildman–Crippen MR) is 142 cm³/mol. The van der Waals surface area contributed by atoms with Crippen LogP contribution in [0.4, 0.5) is 5.82 Å². The van der Waals surface area contributed by atoms with Crippen molar-refractivity contribution in [2.75, 3.05) is 18.4 Å². The number of nitrogens with zero attached hydrogens (tertiary/aromatic N) is 2. The number of anilines is 1. The van der Waals surface area contributed by atoms with Crippen molar-refractivity contribution in [1.29, 1.82) is 5.41 Å². The van der Waals surface area contributed by atoms with Crippen LogP contribution in [-0.2, 0) is 6.42 Å². The lowest BCUT2D eigenvalue weighted by Crippen LogP contribution is -2.31. The molecule has 4 rings (SSSR count). The summed E-state index contributed by atoms with van der Waals surface area (Å²) in [7, 11) is 0. The summed E-state index contributed by atoms with van der Waals surface area (Å²) in [5.74, 6) is 0.480. The molecule has 0 atom stereocenters. The van der Waals surface area contributed by atoms with Crippen LogP contribution in [-0.4, -0.2) is 40.5 Å². The lowest BCUT2D eigenvalue weighted by atomic mass is 9.97. The van der Waals surface area contributed by atoms with Crippen molar-refractivity contribution >= 4 is 34.9 Å². The van der Waals surface area contributed by atoms with E-state index in [9.17, 15) is 9.59 Å². The first-order valence-corrected chi connectivity index (χ1v) is 11.9. The van der Waals surface area contributed by atoms with Crippen LogP contribution < -0.4 is 5.32 Å². The van der Waals surface area contributed by atoms with E-state index in [4.69, 9.17) is 17.0 Å². The number of nitrogens with one attached hydrogen (secondary N) is 2. The molecule has 0 aliphatic carbocycles. The zero-order valence-electron chi connectivity index (χ0n) is 18.9.